The lowest BCUT2D eigenvalue weighted by molar-refractivity contribution is -0.139. The van der Waals surface area contributed by atoms with E-state index in [1.54, 1.807) is 48.3 Å². The molecule has 2 rings (SSSR count). The highest BCUT2D eigenvalue weighted by molar-refractivity contribution is 5.73. The van der Waals surface area contributed by atoms with Gasteiger partial charge in [-0.3, -0.25) is 9.59 Å². The third kappa shape index (κ3) is 5.82. The standard InChI is InChI=1S/2C7H11N3O2/c2*1-10-4-9-3-5(10)2-6(8)7(11)12/h2*3-4,6H,2,8H2,1H3,(H,11,12)/t2*6-/m00/s1. The summed E-state index contributed by atoms with van der Waals surface area (Å²) in [5.41, 5.74) is 12.3. The van der Waals surface area contributed by atoms with Crippen LogP contribution in [0.3, 0.4) is 0 Å². The van der Waals surface area contributed by atoms with Crippen molar-refractivity contribution in [2.24, 2.45) is 25.6 Å². The van der Waals surface area contributed by atoms with Crippen LogP contribution < -0.4 is 11.5 Å². The van der Waals surface area contributed by atoms with Crippen LogP contribution in [0.25, 0.3) is 0 Å². The molecule has 0 aliphatic heterocycles. The molecule has 132 valence electrons. The number of nitrogens with zero attached hydrogens (tertiary/aromatic N) is 4. The molecule has 0 unspecified atom stereocenters. The lowest BCUT2D eigenvalue weighted by Crippen LogP contribution is -2.32. The van der Waals surface area contributed by atoms with E-state index in [0.29, 0.717) is 12.8 Å². The molecule has 2 aromatic heterocycles. The maximum absolute atomic E-state index is 10.4. The van der Waals surface area contributed by atoms with Gasteiger partial charge in [-0.25, -0.2) is 9.97 Å². The van der Waals surface area contributed by atoms with Crippen molar-refractivity contribution >= 4 is 11.9 Å². The number of carbonyl (C=O) groups is 2. The summed E-state index contributed by atoms with van der Waals surface area (Å²) in [5.74, 6) is -1.98. The average Bonchev–Trinajstić information content (AvgIpc) is 3.09. The van der Waals surface area contributed by atoms with Crippen LogP contribution in [0.4, 0.5) is 0 Å². The molecule has 0 fully saturated rings. The number of imidazole rings is 2. The third-order valence-electron chi connectivity index (χ3n) is 3.33. The van der Waals surface area contributed by atoms with Gasteiger partial charge in [0.15, 0.2) is 0 Å². The number of carboxylic acids is 2. The first-order valence-electron chi connectivity index (χ1n) is 7.09. The van der Waals surface area contributed by atoms with E-state index in [1.165, 1.54) is 0 Å². The molecule has 10 nitrogen and oxygen atoms in total. The topological polar surface area (TPSA) is 162 Å². The van der Waals surface area contributed by atoms with E-state index in [9.17, 15) is 9.59 Å². The number of aromatic nitrogens is 4. The van der Waals surface area contributed by atoms with Crippen LogP contribution in [0.5, 0.6) is 0 Å². The summed E-state index contributed by atoms with van der Waals surface area (Å²) in [6, 6.07) is -1.69. The predicted molar refractivity (Wildman–Crippen MR) is 85.0 cm³/mol. The second-order valence-corrected chi connectivity index (χ2v) is 5.29. The van der Waals surface area contributed by atoms with Gasteiger partial charge in [0.2, 0.25) is 0 Å². The Bertz CT molecular complexity index is 622. The number of carboxylic acid groups (broad SMARTS) is 2. The molecule has 24 heavy (non-hydrogen) atoms. The monoisotopic (exact) mass is 338 g/mol. The minimum atomic E-state index is -0.990. The van der Waals surface area contributed by atoms with Crippen LogP contribution in [0.15, 0.2) is 25.0 Å². The van der Waals surface area contributed by atoms with Crippen molar-refractivity contribution < 1.29 is 19.8 Å². The lowest BCUT2D eigenvalue weighted by Gasteiger charge is -2.05. The fourth-order valence-electron chi connectivity index (χ4n) is 1.79. The van der Waals surface area contributed by atoms with Crippen molar-refractivity contribution in [3.63, 3.8) is 0 Å². The summed E-state index contributed by atoms with van der Waals surface area (Å²) >= 11 is 0. The van der Waals surface area contributed by atoms with Crippen LogP contribution in [0.2, 0.25) is 0 Å². The highest BCUT2D eigenvalue weighted by atomic mass is 16.4. The second-order valence-electron chi connectivity index (χ2n) is 5.29. The van der Waals surface area contributed by atoms with E-state index in [2.05, 4.69) is 9.97 Å². The zero-order chi connectivity index (χ0) is 18.3. The van der Waals surface area contributed by atoms with Gasteiger partial charge in [-0.15, -0.1) is 0 Å². The summed E-state index contributed by atoms with van der Waals surface area (Å²) in [4.78, 5) is 28.5. The van der Waals surface area contributed by atoms with Crippen molar-refractivity contribution in [3.8, 4) is 0 Å². The lowest BCUT2D eigenvalue weighted by atomic mass is 10.2. The van der Waals surface area contributed by atoms with Crippen LogP contribution >= 0.6 is 0 Å². The highest BCUT2D eigenvalue weighted by Crippen LogP contribution is 2.00. The molecule has 6 N–H and O–H groups in total. The van der Waals surface area contributed by atoms with Gasteiger partial charge in [0.1, 0.15) is 12.1 Å². The van der Waals surface area contributed by atoms with Gasteiger partial charge in [-0.2, -0.15) is 0 Å². The molecule has 0 saturated carbocycles. The molecule has 0 bridgehead atoms. The van der Waals surface area contributed by atoms with Crippen LogP contribution in [-0.2, 0) is 36.5 Å². The molecule has 0 aliphatic carbocycles. The molecule has 10 heteroatoms. The Morgan fingerprint density at radius 3 is 1.50 bits per heavy atom. The average molecular weight is 338 g/mol. The first-order valence-corrected chi connectivity index (χ1v) is 7.09. The quantitative estimate of drug-likeness (QED) is 0.507. The van der Waals surface area contributed by atoms with E-state index < -0.39 is 24.0 Å². The van der Waals surface area contributed by atoms with E-state index in [4.69, 9.17) is 21.7 Å². The van der Waals surface area contributed by atoms with Gasteiger partial charge in [-0.05, 0) is 0 Å². The van der Waals surface area contributed by atoms with Gasteiger partial charge in [-0.1, -0.05) is 0 Å². The number of hydrogen-bond acceptors (Lipinski definition) is 6. The number of hydrogen-bond donors (Lipinski definition) is 4. The Hall–Kier alpha value is -2.72. The summed E-state index contributed by atoms with van der Waals surface area (Å²) in [6.07, 6.45) is 7.08. The zero-order valence-corrected chi connectivity index (χ0v) is 13.5. The molecule has 0 aromatic carbocycles. The Morgan fingerprint density at radius 1 is 0.958 bits per heavy atom. The molecule has 2 aromatic rings. The summed E-state index contributed by atoms with van der Waals surface area (Å²) < 4.78 is 3.51. The predicted octanol–water partition coefficient (Wildman–Crippen LogP) is -1.25. The van der Waals surface area contributed by atoms with Gasteiger partial charge in [0.05, 0.1) is 12.7 Å². The van der Waals surface area contributed by atoms with Crippen molar-refractivity contribution in [2.75, 3.05) is 0 Å². The van der Waals surface area contributed by atoms with E-state index >= 15 is 0 Å². The number of rotatable bonds is 6. The van der Waals surface area contributed by atoms with E-state index in [-0.39, 0.29) is 0 Å². The largest absolute Gasteiger partial charge is 0.480 e. The van der Waals surface area contributed by atoms with Crippen molar-refractivity contribution in [1.82, 2.24) is 19.1 Å². The van der Waals surface area contributed by atoms with Gasteiger partial charge in [0, 0.05) is 50.7 Å². The maximum atomic E-state index is 10.4. The van der Waals surface area contributed by atoms with Crippen molar-refractivity contribution in [3.05, 3.63) is 36.4 Å². The summed E-state index contributed by atoms with van der Waals surface area (Å²) in [7, 11) is 3.60. The Labute approximate surface area is 138 Å². The minimum absolute atomic E-state index is 0.311. The van der Waals surface area contributed by atoms with Crippen molar-refractivity contribution in [2.45, 2.75) is 24.9 Å². The second kappa shape index (κ2) is 8.79. The Kier molecular flexibility index (Phi) is 7.08. The molecular weight excluding hydrogens is 316 g/mol. The normalized spacial score (nSPS) is 12.8. The molecule has 0 amide bonds. The van der Waals surface area contributed by atoms with Gasteiger partial charge in [0.25, 0.3) is 0 Å². The molecule has 0 saturated heterocycles. The number of aryl methyl sites for hydroxylation is 2. The SMILES string of the molecule is Cn1cncc1C[C@H](N)C(=O)O.Cn1cncc1C[C@H](N)C(=O)O. The Balaban J connectivity index is 0.000000240. The third-order valence-corrected chi connectivity index (χ3v) is 3.33. The molecular formula is C14H22N6O4. The van der Waals surface area contributed by atoms with Crippen LogP contribution in [0, 0.1) is 0 Å². The molecule has 2 heterocycles. The number of aliphatic carboxylic acids is 2. The number of nitrogens with two attached hydrogens (primary N) is 2. The first-order chi connectivity index (χ1) is 11.2. The smallest absolute Gasteiger partial charge is 0.320 e. The van der Waals surface area contributed by atoms with E-state index in [0.717, 1.165) is 11.4 Å². The van der Waals surface area contributed by atoms with Crippen molar-refractivity contribution in [1.29, 1.82) is 0 Å². The van der Waals surface area contributed by atoms with Gasteiger partial charge < -0.3 is 30.8 Å². The van der Waals surface area contributed by atoms with Gasteiger partial charge >= 0.3 is 11.9 Å². The Morgan fingerprint density at radius 2 is 1.29 bits per heavy atom. The minimum Gasteiger partial charge on any atom is -0.480 e. The van der Waals surface area contributed by atoms with E-state index in [1.807, 2.05) is 0 Å². The maximum Gasteiger partial charge on any atom is 0.320 e. The molecule has 0 spiro atoms. The fraction of sp³-hybridized carbons (Fsp3) is 0.429. The summed E-state index contributed by atoms with van der Waals surface area (Å²) in [6.45, 7) is 0. The molecule has 2 atom stereocenters. The highest BCUT2D eigenvalue weighted by Gasteiger charge is 2.14. The summed E-state index contributed by atoms with van der Waals surface area (Å²) in [5, 5.41) is 17.0. The molecule has 0 aliphatic rings. The van der Waals surface area contributed by atoms with Crippen LogP contribution in [0.1, 0.15) is 11.4 Å². The molecule has 0 radical (unpaired) electrons. The zero-order valence-electron chi connectivity index (χ0n) is 13.5. The van der Waals surface area contributed by atoms with Crippen LogP contribution in [-0.4, -0.2) is 53.3 Å². The first kappa shape index (κ1) is 19.3. The fourth-order valence-corrected chi connectivity index (χ4v) is 1.79.